The molecular weight excluding hydrogens is 256 g/mol. The zero-order chi connectivity index (χ0) is 14.4. The Labute approximate surface area is 117 Å². The van der Waals surface area contributed by atoms with Crippen molar-refractivity contribution in [3.63, 3.8) is 0 Å². The largest absolute Gasteiger partial charge is 0.351 e. The standard InChI is InChI=1S/C14H18N4O2/c15-14(20)18-12-3-1-2-11(8-12)13(19)17-9-10-4-6-16-7-5-10/h1-4,8,16H,5-7,9H2,(H,17,19)(H3,15,18,20). The second-order valence-electron chi connectivity index (χ2n) is 4.57. The van der Waals surface area contributed by atoms with Gasteiger partial charge in [0.15, 0.2) is 0 Å². The second-order valence-corrected chi connectivity index (χ2v) is 4.57. The number of nitrogens with one attached hydrogen (secondary N) is 3. The van der Waals surface area contributed by atoms with Gasteiger partial charge in [-0.2, -0.15) is 0 Å². The average molecular weight is 274 g/mol. The molecule has 2 rings (SSSR count). The van der Waals surface area contributed by atoms with Gasteiger partial charge in [0, 0.05) is 24.3 Å². The lowest BCUT2D eigenvalue weighted by Crippen LogP contribution is -2.29. The Morgan fingerprint density at radius 2 is 2.20 bits per heavy atom. The Balaban J connectivity index is 1.94. The Hall–Kier alpha value is -2.34. The fourth-order valence-electron chi connectivity index (χ4n) is 2.01. The zero-order valence-electron chi connectivity index (χ0n) is 11.1. The molecule has 6 nitrogen and oxygen atoms in total. The molecule has 5 N–H and O–H groups in total. The zero-order valence-corrected chi connectivity index (χ0v) is 11.1. The van der Waals surface area contributed by atoms with E-state index < -0.39 is 6.03 Å². The van der Waals surface area contributed by atoms with Crippen LogP contribution in [-0.4, -0.2) is 31.6 Å². The maximum atomic E-state index is 12.0. The molecule has 6 heteroatoms. The second kappa shape index (κ2) is 6.72. The number of hydrogen-bond donors (Lipinski definition) is 4. The van der Waals surface area contributed by atoms with Crippen molar-refractivity contribution in [2.24, 2.45) is 5.73 Å². The van der Waals surface area contributed by atoms with Gasteiger partial charge in [-0.15, -0.1) is 0 Å². The molecule has 1 aliphatic rings. The molecule has 1 aromatic rings. The maximum Gasteiger partial charge on any atom is 0.316 e. The molecule has 106 valence electrons. The van der Waals surface area contributed by atoms with Crippen LogP contribution in [0.1, 0.15) is 16.8 Å². The number of rotatable bonds is 4. The monoisotopic (exact) mass is 274 g/mol. The van der Waals surface area contributed by atoms with Gasteiger partial charge < -0.3 is 21.7 Å². The third kappa shape index (κ3) is 4.10. The van der Waals surface area contributed by atoms with Crippen molar-refractivity contribution in [3.8, 4) is 0 Å². The van der Waals surface area contributed by atoms with Gasteiger partial charge in [0.1, 0.15) is 0 Å². The van der Waals surface area contributed by atoms with E-state index in [0.717, 1.165) is 19.5 Å². The number of urea groups is 1. The summed E-state index contributed by atoms with van der Waals surface area (Å²) in [4.78, 5) is 22.8. The normalized spacial score (nSPS) is 14.3. The van der Waals surface area contributed by atoms with Crippen LogP contribution in [0, 0.1) is 0 Å². The highest BCUT2D eigenvalue weighted by atomic mass is 16.2. The first-order valence-corrected chi connectivity index (χ1v) is 6.48. The van der Waals surface area contributed by atoms with Gasteiger partial charge in [0.25, 0.3) is 5.91 Å². The molecule has 0 saturated heterocycles. The lowest BCUT2D eigenvalue weighted by molar-refractivity contribution is 0.0956. The number of carbonyl (C=O) groups excluding carboxylic acids is 2. The van der Waals surface area contributed by atoms with E-state index in [-0.39, 0.29) is 5.91 Å². The van der Waals surface area contributed by atoms with Gasteiger partial charge in [-0.05, 0) is 31.2 Å². The van der Waals surface area contributed by atoms with E-state index in [1.54, 1.807) is 24.3 Å². The molecule has 0 atom stereocenters. The number of anilines is 1. The van der Waals surface area contributed by atoms with Gasteiger partial charge in [0.05, 0.1) is 0 Å². The van der Waals surface area contributed by atoms with Gasteiger partial charge in [0.2, 0.25) is 0 Å². The molecule has 0 bridgehead atoms. The lowest BCUT2D eigenvalue weighted by Gasteiger charge is -2.14. The fraction of sp³-hybridized carbons (Fsp3) is 0.286. The summed E-state index contributed by atoms with van der Waals surface area (Å²) in [6.07, 6.45) is 3.04. The minimum absolute atomic E-state index is 0.169. The van der Waals surface area contributed by atoms with Crippen molar-refractivity contribution in [1.82, 2.24) is 10.6 Å². The fourth-order valence-corrected chi connectivity index (χ4v) is 2.01. The minimum atomic E-state index is -0.651. The highest BCUT2D eigenvalue weighted by Gasteiger charge is 2.08. The van der Waals surface area contributed by atoms with Crippen molar-refractivity contribution in [2.75, 3.05) is 25.0 Å². The average Bonchev–Trinajstić information content (AvgIpc) is 2.45. The van der Waals surface area contributed by atoms with Crippen molar-refractivity contribution in [2.45, 2.75) is 6.42 Å². The predicted molar refractivity (Wildman–Crippen MR) is 77.6 cm³/mol. The third-order valence-electron chi connectivity index (χ3n) is 3.03. The van der Waals surface area contributed by atoms with E-state index in [1.807, 2.05) is 0 Å². The van der Waals surface area contributed by atoms with Crippen LogP contribution < -0.4 is 21.7 Å². The summed E-state index contributed by atoms with van der Waals surface area (Å²) < 4.78 is 0. The molecule has 0 fully saturated rings. The molecule has 0 saturated carbocycles. The van der Waals surface area contributed by atoms with Gasteiger partial charge >= 0.3 is 6.03 Å². The summed E-state index contributed by atoms with van der Waals surface area (Å²) in [6.45, 7) is 2.34. The smallest absolute Gasteiger partial charge is 0.316 e. The molecule has 1 aromatic carbocycles. The summed E-state index contributed by atoms with van der Waals surface area (Å²) in [5.74, 6) is -0.169. The summed E-state index contributed by atoms with van der Waals surface area (Å²) in [6, 6.07) is 6.01. The molecule has 1 aliphatic heterocycles. The van der Waals surface area contributed by atoms with Gasteiger partial charge in [-0.3, -0.25) is 4.79 Å². The molecule has 0 radical (unpaired) electrons. The number of primary amides is 1. The maximum absolute atomic E-state index is 12.0. The SMILES string of the molecule is NC(=O)Nc1cccc(C(=O)NCC2=CCNCC2)c1. The number of carbonyl (C=O) groups is 2. The van der Waals surface area contributed by atoms with E-state index in [1.165, 1.54) is 5.57 Å². The van der Waals surface area contributed by atoms with Crippen molar-refractivity contribution in [1.29, 1.82) is 0 Å². The molecular formula is C14H18N4O2. The summed E-state index contributed by atoms with van der Waals surface area (Å²) in [5, 5.41) is 8.53. The van der Waals surface area contributed by atoms with E-state index in [0.29, 0.717) is 17.8 Å². The first-order chi connectivity index (χ1) is 9.65. The third-order valence-corrected chi connectivity index (χ3v) is 3.03. The molecule has 20 heavy (non-hydrogen) atoms. The topological polar surface area (TPSA) is 96.2 Å². The molecule has 0 aromatic heterocycles. The molecule has 0 aliphatic carbocycles. The van der Waals surface area contributed by atoms with Crippen LogP contribution in [0.3, 0.4) is 0 Å². The number of amides is 3. The molecule has 3 amide bonds. The highest BCUT2D eigenvalue weighted by molar-refractivity contribution is 5.96. The lowest BCUT2D eigenvalue weighted by atomic mass is 10.1. The number of hydrogen-bond acceptors (Lipinski definition) is 3. The van der Waals surface area contributed by atoms with Crippen LogP contribution in [0.15, 0.2) is 35.9 Å². The Kier molecular flexibility index (Phi) is 4.73. The van der Waals surface area contributed by atoms with Crippen LogP contribution >= 0.6 is 0 Å². The molecule has 0 spiro atoms. The van der Waals surface area contributed by atoms with Crippen LogP contribution in [-0.2, 0) is 0 Å². The van der Waals surface area contributed by atoms with Crippen LogP contribution in [0.5, 0.6) is 0 Å². The van der Waals surface area contributed by atoms with Crippen LogP contribution in [0.2, 0.25) is 0 Å². The van der Waals surface area contributed by atoms with Crippen LogP contribution in [0.25, 0.3) is 0 Å². The summed E-state index contributed by atoms with van der Waals surface area (Å²) in [7, 11) is 0. The van der Waals surface area contributed by atoms with E-state index in [4.69, 9.17) is 5.73 Å². The summed E-state index contributed by atoms with van der Waals surface area (Å²) in [5.41, 5.74) is 7.27. The van der Waals surface area contributed by atoms with Crippen LogP contribution in [0.4, 0.5) is 10.5 Å². The Morgan fingerprint density at radius 3 is 2.90 bits per heavy atom. The minimum Gasteiger partial charge on any atom is -0.351 e. The highest BCUT2D eigenvalue weighted by Crippen LogP contribution is 2.10. The van der Waals surface area contributed by atoms with Crippen molar-refractivity contribution in [3.05, 3.63) is 41.5 Å². The summed E-state index contributed by atoms with van der Waals surface area (Å²) >= 11 is 0. The van der Waals surface area contributed by atoms with E-state index >= 15 is 0 Å². The predicted octanol–water partition coefficient (Wildman–Crippen LogP) is 0.827. The van der Waals surface area contributed by atoms with Gasteiger partial charge in [-0.1, -0.05) is 17.7 Å². The Bertz CT molecular complexity index is 540. The first-order valence-electron chi connectivity index (χ1n) is 6.48. The van der Waals surface area contributed by atoms with E-state index in [9.17, 15) is 9.59 Å². The van der Waals surface area contributed by atoms with Gasteiger partial charge in [-0.25, -0.2) is 4.79 Å². The molecule has 1 heterocycles. The Morgan fingerprint density at radius 1 is 1.35 bits per heavy atom. The van der Waals surface area contributed by atoms with Crippen molar-refractivity contribution >= 4 is 17.6 Å². The van der Waals surface area contributed by atoms with E-state index in [2.05, 4.69) is 22.0 Å². The number of benzene rings is 1. The quantitative estimate of drug-likeness (QED) is 0.612. The number of nitrogens with two attached hydrogens (primary N) is 1. The first kappa shape index (κ1) is 14.1. The van der Waals surface area contributed by atoms with Crippen molar-refractivity contribution < 1.29 is 9.59 Å². The molecule has 0 unspecified atom stereocenters.